The molecule has 1 aliphatic rings. The molecule has 0 aromatic heterocycles. The summed E-state index contributed by atoms with van der Waals surface area (Å²) in [4.78, 5) is 13.0. The third-order valence-corrected chi connectivity index (χ3v) is 3.33. The van der Waals surface area contributed by atoms with Crippen molar-refractivity contribution in [2.24, 2.45) is 11.8 Å². The van der Waals surface area contributed by atoms with Crippen LogP contribution in [0.1, 0.15) is 30.6 Å². The van der Waals surface area contributed by atoms with Crippen molar-refractivity contribution >= 4 is 12.0 Å². The molecule has 2 rings (SSSR count). The molecule has 1 heterocycles. The van der Waals surface area contributed by atoms with E-state index in [0.717, 1.165) is 19.4 Å². The standard InChI is InChI=1S/C14H18FNO/c1-10-6-11(2)8-16(7-10)14-12(9-17)4-3-5-13(14)15/h3-5,9-11H,6-8H2,1-2H3. The first-order valence-corrected chi connectivity index (χ1v) is 6.10. The Hall–Kier alpha value is -1.38. The van der Waals surface area contributed by atoms with Crippen LogP contribution in [0.2, 0.25) is 0 Å². The molecule has 3 heteroatoms. The molecule has 0 saturated carbocycles. The Morgan fingerprint density at radius 1 is 1.29 bits per heavy atom. The summed E-state index contributed by atoms with van der Waals surface area (Å²) in [6.45, 7) is 5.99. The zero-order chi connectivity index (χ0) is 12.4. The molecule has 92 valence electrons. The second-order valence-electron chi connectivity index (χ2n) is 5.15. The maximum atomic E-state index is 13.9. The van der Waals surface area contributed by atoms with Crippen LogP contribution in [0.5, 0.6) is 0 Å². The lowest BCUT2D eigenvalue weighted by molar-refractivity contribution is 0.112. The van der Waals surface area contributed by atoms with Gasteiger partial charge in [-0.25, -0.2) is 4.39 Å². The Bertz CT molecular complexity index is 409. The number of carbonyl (C=O) groups excluding carboxylic acids is 1. The van der Waals surface area contributed by atoms with E-state index in [0.29, 0.717) is 23.1 Å². The first-order chi connectivity index (χ1) is 8.11. The second-order valence-corrected chi connectivity index (χ2v) is 5.15. The van der Waals surface area contributed by atoms with Crippen LogP contribution in [0.25, 0.3) is 0 Å². The van der Waals surface area contributed by atoms with E-state index in [9.17, 15) is 9.18 Å². The van der Waals surface area contributed by atoms with Crippen molar-refractivity contribution in [3.63, 3.8) is 0 Å². The Morgan fingerprint density at radius 3 is 2.53 bits per heavy atom. The quantitative estimate of drug-likeness (QED) is 0.734. The predicted molar refractivity (Wildman–Crippen MR) is 66.9 cm³/mol. The van der Waals surface area contributed by atoms with Gasteiger partial charge in [0.2, 0.25) is 0 Å². The van der Waals surface area contributed by atoms with E-state index in [1.807, 2.05) is 4.90 Å². The summed E-state index contributed by atoms with van der Waals surface area (Å²) in [5.41, 5.74) is 0.923. The second kappa shape index (κ2) is 4.86. The molecular formula is C14H18FNO. The Kier molecular flexibility index (Phi) is 3.46. The minimum absolute atomic E-state index is 0.295. The summed E-state index contributed by atoms with van der Waals surface area (Å²) in [5, 5.41) is 0. The molecule has 2 nitrogen and oxygen atoms in total. The predicted octanol–water partition coefficient (Wildman–Crippen LogP) is 3.12. The van der Waals surface area contributed by atoms with E-state index in [1.54, 1.807) is 12.1 Å². The summed E-state index contributed by atoms with van der Waals surface area (Å²) in [7, 11) is 0. The van der Waals surface area contributed by atoms with E-state index < -0.39 is 0 Å². The molecule has 17 heavy (non-hydrogen) atoms. The number of rotatable bonds is 2. The fourth-order valence-electron chi connectivity index (χ4n) is 2.81. The van der Waals surface area contributed by atoms with Gasteiger partial charge < -0.3 is 4.90 Å². The van der Waals surface area contributed by atoms with E-state index in [1.165, 1.54) is 12.5 Å². The molecular weight excluding hydrogens is 217 g/mol. The van der Waals surface area contributed by atoms with Crippen LogP contribution in [0.4, 0.5) is 10.1 Å². The van der Waals surface area contributed by atoms with Gasteiger partial charge >= 0.3 is 0 Å². The van der Waals surface area contributed by atoms with Crippen LogP contribution in [-0.4, -0.2) is 19.4 Å². The topological polar surface area (TPSA) is 20.3 Å². The first kappa shape index (κ1) is 12.1. The van der Waals surface area contributed by atoms with Gasteiger partial charge in [-0.15, -0.1) is 0 Å². The van der Waals surface area contributed by atoms with Gasteiger partial charge in [-0.05, 0) is 30.4 Å². The normalized spacial score (nSPS) is 24.8. The van der Waals surface area contributed by atoms with Crippen molar-refractivity contribution in [1.29, 1.82) is 0 Å². The van der Waals surface area contributed by atoms with Crippen molar-refractivity contribution < 1.29 is 9.18 Å². The van der Waals surface area contributed by atoms with Crippen LogP contribution >= 0.6 is 0 Å². The largest absolute Gasteiger partial charge is 0.368 e. The Morgan fingerprint density at radius 2 is 1.94 bits per heavy atom. The highest BCUT2D eigenvalue weighted by Crippen LogP contribution is 2.30. The maximum absolute atomic E-state index is 13.9. The van der Waals surface area contributed by atoms with Gasteiger partial charge in [0.1, 0.15) is 5.82 Å². The molecule has 0 bridgehead atoms. The fourth-order valence-corrected chi connectivity index (χ4v) is 2.81. The number of nitrogens with zero attached hydrogens (tertiary/aromatic N) is 1. The number of piperidine rings is 1. The van der Waals surface area contributed by atoms with Crippen molar-refractivity contribution in [3.8, 4) is 0 Å². The molecule has 2 unspecified atom stereocenters. The first-order valence-electron chi connectivity index (χ1n) is 6.10. The molecule has 1 saturated heterocycles. The van der Waals surface area contributed by atoms with Gasteiger partial charge in [0, 0.05) is 18.7 Å². The number of carbonyl (C=O) groups is 1. The fraction of sp³-hybridized carbons (Fsp3) is 0.500. The van der Waals surface area contributed by atoms with Crippen LogP contribution in [0, 0.1) is 17.7 Å². The van der Waals surface area contributed by atoms with Gasteiger partial charge in [-0.3, -0.25) is 4.79 Å². The molecule has 1 fully saturated rings. The van der Waals surface area contributed by atoms with Gasteiger partial charge in [-0.2, -0.15) is 0 Å². The van der Waals surface area contributed by atoms with Crippen LogP contribution in [0.15, 0.2) is 18.2 Å². The monoisotopic (exact) mass is 235 g/mol. The third kappa shape index (κ3) is 2.48. The third-order valence-electron chi connectivity index (χ3n) is 3.33. The minimum atomic E-state index is -0.295. The summed E-state index contributed by atoms with van der Waals surface area (Å²) in [6.07, 6.45) is 1.91. The number of anilines is 1. The molecule has 0 radical (unpaired) electrons. The maximum Gasteiger partial charge on any atom is 0.152 e. The lowest BCUT2D eigenvalue weighted by Crippen LogP contribution is -2.39. The summed E-state index contributed by atoms with van der Waals surface area (Å²) >= 11 is 0. The number of halogens is 1. The molecule has 2 atom stereocenters. The zero-order valence-electron chi connectivity index (χ0n) is 10.3. The van der Waals surface area contributed by atoms with Crippen molar-refractivity contribution in [3.05, 3.63) is 29.6 Å². The van der Waals surface area contributed by atoms with Crippen LogP contribution in [-0.2, 0) is 0 Å². The van der Waals surface area contributed by atoms with Gasteiger partial charge in [-0.1, -0.05) is 19.9 Å². The van der Waals surface area contributed by atoms with Gasteiger partial charge in [0.15, 0.2) is 6.29 Å². The van der Waals surface area contributed by atoms with Crippen molar-refractivity contribution in [2.75, 3.05) is 18.0 Å². The SMILES string of the molecule is CC1CC(C)CN(c2c(F)cccc2C=O)C1. The average molecular weight is 235 g/mol. The van der Waals surface area contributed by atoms with E-state index in [-0.39, 0.29) is 5.82 Å². The number of aldehydes is 1. The number of hydrogen-bond donors (Lipinski definition) is 0. The van der Waals surface area contributed by atoms with Gasteiger partial charge in [0.25, 0.3) is 0 Å². The lowest BCUT2D eigenvalue weighted by Gasteiger charge is -2.37. The van der Waals surface area contributed by atoms with Crippen molar-refractivity contribution in [2.45, 2.75) is 20.3 Å². The minimum Gasteiger partial charge on any atom is -0.368 e. The average Bonchev–Trinajstić information content (AvgIpc) is 2.27. The molecule has 1 aliphatic heterocycles. The highest BCUT2D eigenvalue weighted by atomic mass is 19.1. The molecule has 0 N–H and O–H groups in total. The van der Waals surface area contributed by atoms with E-state index >= 15 is 0 Å². The van der Waals surface area contributed by atoms with Gasteiger partial charge in [0.05, 0.1) is 5.69 Å². The van der Waals surface area contributed by atoms with E-state index in [2.05, 4.69) is 13.8 Å². The van der Waals surface area contributed by atoms with E-state index in [4.69, 9.17) is 0 Å². The number of benzene rings is 1. The Labute approximate surface area is 101 Å². The summed E-state index contributed by atoms with van der Waals surface area (Å²) in [6, 6.07) is 4.68. The molecule has 0 aliphatic carbocycles. The van der Waals surface area contributed by atoms with Crippen molar-refractivity contribution in [1.82, 2.24) is 0 Å². The highest BCUT2D eigenvalue weighted by Gasteiger charge is 2.25. The summed E-state index contributed by atoms with van der Waals surface area (Å²) in [5.74, 6) is 0.784. The van der Waals surface area contributed by atoms with Crippen LogP contribution in [0.3, 0.4) is 0 Å². The summed E-state index contributed by atoms with van der Waals surface area (Å²) < 4.78 is 13.9. The molecule has 0 amide bonds. The molecule has 1 aromatic rings. The van der Waals surface area contributed by atoms with Crippen LogP contribution < -0.4 is 4.90 Å². The number of hydrogen-bond acceptors (Lipinski definition) is 2. The zero-order valence-corrected chi connectivity index (χ0v) is 10.3. The highest BCUT2D eigenvalue weighted by molar-refractivity contribution is 5.84. The molecule has 0 spiro atoms. The Balaban J connectivity index is 2.35. The smallest absolute Gasteiger partial charge is 0.152 e. The number of para-hydroxylation sites is 1. The molecule has 1 aromatic carbocycles. The lowest BCUT2D eigenvalue weighted by atomic mass is 9.91.